The van der Waals surface area contributed by atoms with Crippen LogP contribution in [0.3, 0.4) is 0 Å². The number of aryl methyl sites for hydroxylation is 1. The average molecular weight is 267 g/mol. The summed E-state index contributed by atoms with van der Waals surface area (Å²) < 4.78 is 5.88. The highest BCUT2D eigenvalue weighted by atomic mass is 16.5. The van der Waals surface area contributed by atoms with E-state index in [1.54, 1.807) is 0 Å². The Hall–Kier alpha value is -1.80. The van der Waals surface area contributed by atoms with Crippen LogP contribution in [0.15, 0.2) is 48.5 Å². The Morgan fingerprint density at radius 3 is 2.80 bits per heavy atom. The Balaban J connectivity index is 1.59. The van der Waals surface area contributed by atoms with Crippen LogP contribution in [0, 0.1) is 0 Å². The normalized spacial score (nSPS) is 16.9. The summed E-state index contributed by atoms with van der Waals surface area (Å²) in [6.07, 6.45) is 3.30. The first-order valence-corrected chi connectivity index (χ1v) is 7.33. The van der Waals surface area contributed by atoms with Gasteiger partial charge in [0, 0.05) is 12.5 Å². The summed E-state index contributed by atoms with van der Waals surface area (Å²) in [7, 11) is 2.03. The van der Waals surface area contributed by atoms with Crippen molar-refractivity contribution < 1.29 is 4.74 Å². The average Bonchev–Trinajstić information content (AvgIpc) is 2.90. The monoisotopic (exact) mass is 267 g/mol. The van der Waals surface area contributed by atoms with Crippen LogP contribution in [0.5, 0.6) is 5.75 Å². The molecule has 0 aliphatic heterocycles. The van der Waals surface area contributed by atoms with E-state index >= 15 is 0 Å². The zero-order valence-electron chi connectivity index (χ0n) is 11.9. The Morgan fingerprint density at radius 1 is 1.15 bits per heavy atom. The first-order chi connectivity index (χ1) is 9.86. The molecule has 1 aliphatic carbocycles. The second kappa shape index (κ2) is 6.10. The zero-order valence-corrected chi connectivity index (χ0v) is 11.9. The molecule has 2 aromatic rings. The molecule has 0 saturated carbocycles. The Kier molecular flexibility index (Phi) is 4.03. The van der Waals surface area contributed by atoms with Crippen molar-refractivity contribution in [1.29, 1.82) is 0 Å². The van der Waals surface area contributed by atoms with Crippen molar-refractivity contribution in [3.63, 3.8) is 0 Å². The van der Waals surface area contributed by atoms with E-state index in [1.165, 1.54) is 23.1 Å². The summed E-state index contributed by atoms with van der Waals surface area (Å²) in [5.41, 5.74) is 4.19. The maximum atomic E-state index is 5.88. The van der Waals surface area contributed by atoms with Gasteiger partial charge in [0.15, 0.2) is 0 Å². The minimum absolute atomic E-state index is 0.517. The van der Waals surface area contributed by atoms with Crippen molar-refractivity contribution in [2.75, 3.05) is 13.7 Å². The maximum Gasteiger partial charge on any atom is 0.119 e. The van der Waals surface area contributed by atoms with Crippen molar-refractivity contribution in [2.45, 2.75) is 25.3 Å². The lowest BCUT2D eigenvalue weighted by Gasteiger charge is -2.11. The van der Waals surface area contributed by atoms with Crippen molar-refractivity contribution in [3.8, 4) is 5.75 Å². The van der Waals surface area contributed by atoms with E-state index in [0.29, 0.717) is 6.04 Å². The second-order valence-corrected chi connectivity index (χ2v) is 5.32. The number of ether oxygens (including phenoxy) is 1. The van der Waals surface area contributed by atoms with Crippen LogP contribution in [0.25, 0.3) is 0 Å². The minimum atomic E-state index is 0.517. The molecule has 104 valence electrons. The predicted molar refractivity (Wildman–Crippen MR) is 82.2 cm³/mol. The fourth-order valence-corrected chi connectivity index (χ4v) is 2.91. The van der Waals surface area contributed by atoms with Crippen LogP contribution < -0.4 is 10.1 Å². The van der Waals surface area contributed by atoms with E-state index in [2.05, 4.69) is 47.8 Å². The van der Waals surface area contributed by atoms with Gasteiger partial charge in [-0.3, -0.25) is 0 Å². The van der Waals surface area contributed by atoms with Gasteiger partial charge in [0.25, 0.3) is 0 Å². The van der Waals surface area contributed by atoms with Crippen LogP contribution in [-0.4, -0.2) is 13.7 Å². The Bertz CT molecular complexity index is 565. The van der Waals surface area contributed by atoms with Crippen molar-refractivity contribution in [3.05, 3.63) is 65.2 Å². The predicted octanol–water partition coefficient (Wildman–Crippen LogP) is 3.51. The number of benzene rings is 2. The third-order valence-electron chi connectivity index (χ3n) is 4.04. The number of nitrogens with one attached hydrogen (secondary N) is 1. The topological polar surface area (TPSA) is 21.3 Å². The summed E-state index contributed by atoms with van der Waals surface area (Å²) in [5, 5.41) is 3.36. The lowest BCUT2D eigenvalue weighted by atomic mass is 10.1. The highest BCUT2D eigenvalue weighted by Gasteiger charge is 2.20. The molecular weight excluding hydrogens is 246 g/mol. The van der Waals surface area contributed by atoms with Gasteiger partial charge in [-0.15, -0.1) is 0 Å². The highest BCUT2D eigenvalue weighted by Crippen LogP contribution is 2.33. The van der Waals surface area contributed by atoms with Crippen LogP contribution in [0.2, 0.25) is 0 Å². The Morgan fingerprint density at radius 2 is 2.00 bits per heavy atom. The highest BCUT2D eigenvalue weighted by molar-refractivity contribution is 5.40. The SMILES string of the molecule is CNC1CCc2cc(OCCc3ccccc3)ccc21. The molecular formula is C18H21NO. The molecule has 0 fully saturated rings. The van der Waals surface area contributed by atoms with Gasteiger partial charge in [-0.2, -0.15) is 0 Å². The Labute approximate surface area is 120 Å². The van der Waals surface area contributed by atoms with Crippen LogP contribution in [-0.2, 0) is 12.8 Å². The van der Waals surface area contributed by atoms with Crippen LogP contribution in [0.4, 0.5) is 0 Å². The van der Waals surface area contributed by atoms with Gasteiger partial charge < -0.3 is 10.1 Å². The van der Waals surface area contributed by atoms with Crippen molar-refractivity contribution >= 4 is 0 Å². The van der Waals surface area contributed by atoms with Gasteiger partial charge >= 0.3 is 0 Å². The second-order valence-electron chi connectivity index (χ2n) is 5.32. The van der Waals surface area contributed by atoms with Crippen LogP contribution in [0.1, 0.15) is 29.2 Å². The fraction of sp³-hybridized carbons (Fsp3) is 0.333. The largest absolute Gasteiger partial charge is 0.493 e. The van der Waals surface area contributed by atoms with E-state index < -0.39 is 0 Å². The smallest absolute Gasteiger partial charge is 0.119 e. The third kappa shape index (κ3) is 2.86. The van der Waals surface area contributed by atoms with Gasteiger partial charge in [-0.05, 0) is 48.7 Å². The molecule has 0 radical (unpaired) electrons. The van der Waals surface area contributed by atoms with E-state index in [0.717, 1.165) is 25.2 Å². The summed E-state index contributed by atoms with van der Waals surface area (Å²) in [6, 6.07) is 17.5. The molecule has 1 N–H and O–H groups in total. The van der Waals surface area contributed by atoms with E-state index in [-0.39, 0.29) is 0 Å². The molecule has 0 heterocycles. The summed E-state index contributed by atoms with van der Waals surface area (Å²) in [4.78, 5) is 0. The maximum absolute atomic E-state index is 5.88. The van der Waals surface area contributed by atoms with Crippen LogP contribution >= 0.6 is 0 Å². The molecule has 2 nitrogen and oxygen atoms in total. The molecule has 0 saturated heterocycles. The lowest BCUT2D eigenvalue weighted by Crippen LogP contribution is -2.12. The molecule has 1 unspecified atom stereocenters. The number of fused-ring (bicyclic) bond motifs is 1. The molecule has 0 aromatic heterocycles. The van der Waals surface area contributed by atoms with Crippen molar-refractivity contribution in [1.82, 2.24) is 5.32 Å². The third-order valence-corrected chi connectivity index (χ3v) is 4.04. The summed E-state index contributed by atoms with van der Waals surface area (Å²) in [6.45, 7) is 0.734. The number of hydrogen-bond donors (Lipinski definition) is 1. The van der Waals surface area contributed by atoms with E-state index in [1.807, 2.05) is 13.1 Å². The molecule has 20 heavy (non-hydrogen) atoms. The van der Waals surface area contributed by atoms with E-state index in [4.69, 9.17) is 4.74 Å². The first kappa shape index (κ1) is 13.2. The van der Waals surface area contributed by atoms with Gasteiger partial charge in [0.05, 0.1) is 6.61 Å². The molecule has 2 aromatic carbocycles. The molecule has 0 spiro atoms. The summed E-state index contributed by atoms with van der Waals surface area (Å²) in [5.74, 6) is 0.997. The van der Waals surface area contributed by atoms with Gasteiger partial charge in [-0.1, -0.05) is 36.4 Å². The summed E-state index contributed by atoms with van der Waals surface area (Å²) >= 11 is 0. The fourth-order valence-electron chi connectivity index (χ4n) is 2.91. The number of rotatable bonds is 5. The molecule has 0 bridgehead atoms. The lowest BCUT2D eigenvalue weighted by molar-refractivity contribution is 0.321. The molecule has 1 aliphatic rings. The van der Waals surface area contributed by atoms with Gasteiger partial charge in [-0.25, -0.2) is 0 Å². The van der Waals surface area contributed by atoms with Crippen molar-refractivity contribution in [2.24, 2.45) is 0 Å². The van der Waals surface area contributed by atoms with E-state index in [9.17, 15) is 0 Å². The minimum Gasteiger partial charge on any atom is -0.493 e. The molecule has 3 rings (SSSR count). The standard InChI is InChI=1S/C18H21NO/c1-19-18-10-7-15-13-16(8-9-17(15)18)20-12-11-14-5-3-2-4-6-14/h2-6,8-9,13,18-19H,7,10-12H2,1H3. The quantitative estimate of drug-likeness (QED) is 0.895. The molecule has 1 atom stereocenters. The van der Waals surface area contributed by atoms with Gasteiger partial charge in [0.2, 0.25) is 0 Å². The first-order valence-electron chi connectivity index (χ1n) is 7.33. The molecule has 2 heteroatoms. The molecule has 0 amide bonds. The zero-order chi connectivity index (χ0) is 13.8. The number of hydrogen-bond acceptors (Lipinski definition) is 2. The van der Waals surface area contributed by atoms with Gasteiger partial charge in [0.1, 0.15) is 5.75 Å².